The zero-order chi connectivity index (χ0) is 28.3. The highest BCUT2D eigenvalue weighted by Crippen LogP contribution is 2.54. The lowest BCUT2D eigenvalue weighted by atomic mass is 9.64. The minimum atomic E-state index is -0.921. The fourth-order valence-electron chi connectivity index (χ4n) is 4.82. The monoisotopic (exact) mass is 573 g/mol. The predicted octanol–water partition coefficient (Wildman–Crippen LogP) is 5.05. The van der Waals surface area contributed by atoms with Gasteiger partial charge < -0.3 is 14.8 Å². The van der Waals surface area contributed by atoms with Crippen molar-refractivity contribution in [2.45, 2.75) is 58.0 Å². The summed E-state index contributed by atoms with van der Waals surface area (Å²) in [4.78, 5) is 51.6. The molecule has 1 aliphatic heterocycles. The topological polar surface area (TPSA) is 144 Å². The van der Waals surface area contributed by atoms with Crippen molar-refractivity contribution in [1.82, 2.24) is 14.8 Å². The quantitative estimate of drug-likeness (QED) is 0.396. The first kappa shape index (κ1) is 26.8. The van der Waals surface area contributed by atoms with Crippen LogP contribution in [0.5, 0.6) is 11.5 Å². The molecule has 11 nitrogen and oxygen atoms in total. The fourth-order valence-corrected chi connectivity index (χ4v) is 5.37. The number of hydrogen-bond acceptors (Lipinski definition) is 7. The van der Waals surface area contributed by atoms with Crippen LogP contribution in [0.4, 0.5) is 16.3 Å². The Labute approximate surface area is 232 Å². The van der Waals surface area contributed by atoms with Crippen molar-refractivity contribution in [2.75, 3.05) is 10.6 Å². The van der Waals surface area contributed by atoms with Crippen LogP contribution < -0.4 is 26.6 Å². The maximum atomic E-state index is 12.7. The number of fused-ring (bicyclic) bond motifs is 2. The van der Waals surface area contributed by atoms with Gasteiger partial charge >= 0.3 is 11.8 Å². The number of H-pyrrole nitrogens is 1. The van der Waals surface area contributed by atoms with Gasteiger partial charge in [0.1, 0.15) is 11.4 Å². The molecular formula is C26H25Cl2N5O6. The first-order chi connectivity index (χ1) is 18.3. The van der Waals surface area contributed by atoms with Crippen molar-refractivity contribution >= 4 is 46.7 Å². The normalized spacial score (nSPS) is 15.4. The molecule has 1 saturated carbocycles. The Hall–Kier alpha value is -3.83. The molecule has 3 N–H and O–H groups in total. The summed E-state index contributed by atoms with van der Waals surface area (Å²) < 4.78 is 12.1. The number of nitrogens with one attached hydrogen (secondary N) is 3. The zero-order valence-corrected chi connectivity index (χ0v) is 23.0. The molecule has 13 heteroatoms. The van der Waals surface area contributed by atoms with Gasteiger partial charge in [-0.05, 0) is 75.9 Å². The summed E-state index contributed by atoms with van der Waals surface area (Å²) in [6.45, 7) is 6.86. The molecule has 2 aromatic carbocycles. The Morgan fingerprint density at radius 1 is 1.13 bits per heavy atom. The van der Waals surface area contributed by atoms with Crippen LogP contribution in [-0.2, 0) is 14.9 Å². The number of hydrogen-bond donors (Lipinski definition) is 3. The van der Waals surface area contributed by atoms with E-state index in [0.29, 0.717) is 5.75 Å². The summed E-state index contributed by atoms with van der Waals surface area (Å²) in [7, 11) is 0. The van der Waals surface area contributed by atoms with Crippen LogP contribution >= 0.6 is 23.2 Å². The van der Waals surface area contributed by atoms with Crippen LogP contribution in [0.15, 0.2) is 33.9 Å². The van der Waals surface area contributed by atoms with E-state index in [1.165, 1.54) is 12.1 Å². The van der Waals surface area contributed by atoms with Crippen LogP contribution in [0.3, 0.4) is 0 Å². The number of benzene rings is 2. The number of anilines is 2. The largest absolute Gasteiger partial charge is 0.454 e. The molecule has 1 spiro atoms. The fraction of sp³-hybridized carbons (Fsp3) is 0.346. The van der Waals surface area contributed by atoms with Crippen molar-refractivity contribution < 1.29 is 19.1 Å². The van der Waals surface area contributed by atoms with Crippen molar-refractivity contribution in [3.8, 4) is 17.2 Å². The summed E-state index contributed by atoms with van der Waals surface area (Å²) in [6.07, 6.45) is 1.61. The second-order valence-electron chi connectivity index (χ2n) is 10.5. The van der Waals surface area contributed by atoms with Crippen molar-refractivity contribution in [3.63, 3.8) is 0 Å². The molecule has 0 unspecified atom stereocenters. The molecule has 2 aliphatic rings. The Balaban J connectivity index is 1.47. The van der Waals surface area contributed by atoms with Crippen molar-refractivity contribution in [1.29, 1.82) is 0 Å². The van der Waals surface area contributed by atoms with E-state index in [1.807, 2.05) is 6.92 Å². The summed E-state index contributed by atoms with van der Waals surface area (Å²) in [6, 6.07) is 6.29. The van der Waals surface area contributed by atoms with Gasteiger partial charge in [0.05, 0.1) is 21.1 Å². The van der Waals surface area contributed by atoms with Gasteiger partial charge in [-0.1, -0.05) is 29.6 Å². The molecule has 1 fully saturated rings. The molecule has 2 amide bonds. The van der Waals surface area contributed by atoms with Gasteiger partial charge in [0, 0.05) is 5.69 Å². The van der Waals surface area contributed by atoms with E-state index in [0.717, 1.165) is 40.8 Å². The maximum Gasteiger partial charge on any atom is 0.413 e. The lowest BCUT2D eigenvalue weighted by Crippen LogP contribution is -2.41. The number of aromatic nitrogens is 3. The van der Waals surface area contributed by atoms with Crippen LogP contribution in [0.1, 0.15) is 51.2 Å². The second kappa shape index (κ2) is 9.42. The smallest absolute Gasteiger partial charge is 0.413 e. The van der Waals surface area contributed by atoms with Crippen LogP contribution in [-0.4, -0.2) is 32.4 Å². The van der Waals surface area contributed by atoms with Gasteiger partial charge in [-0.3, -0.25) is 19.9 Å². The van der Waals surface area contributed by atoms with E-state index >= 15 is 0 Å². The lowest BCUT2D eigenvalue weighted by Gasteiger charge is -2.37. The second-order valence-corrected chi connectivity index (χ2v) is 11.3. The third-order valence-corrected chi connectivity index (χ3v) is 7.23. The molecule has 0 atom stereocenters. The van der Waals surface area contributed by atoms with Gasteiger partial charge in [-0.15, -0.1) is 5.10 Å². The van der Waals surface area contributed by atoms with E-state index in [2.05, 4.69) is 20.7 Å². The van der Waals surface area contributed by atoms with Crippen molar-refractivity contribution in [3.05, 3.63) is 66.3 Å². The molecule has 2 heterocycles. The number of nitrogens with zero attached hydrogens (tertiary/aromatic N) is 2. The van der Waals surface area contributed by atoms with Crippen LogP contribution in [0, 0.1) is 6.92 Å². The molecule has 5 rings (SSSR count). The highest BCUT2D eigenvalue weighted by atomic mass is 35.5. The molecule has 1 aromatic heterocycles. The highest BCUT2D eigenvalue weighted by molar-refractivity contribution is 6.37. The average Bonchev–Trinajstić information content (AvgIpc) is 3.11. The summed E-state index contributed by atoms with van der Waals surface area (Å²) >= 11 is 13.0. The first-order valence-corrected chi connectivity index (χ1v) is 12.9. The predicted molar refractivity (Wildman–Crippen MR) is 146 cm³/mol. The van der Waals surface area contributed by atoms with Gasteiger partial charge in [-0.2, -0.15) is 4.68 Å². The highest BCUT2D eigenvalue weighted by Gasteiger charge is 2.52. The SMILES string of the molecule is Cc1c(Oc2c(Cl)cc(-n3nc(NC(=O)OC(C)(C)C)c(=O)[nH]c3=O)cc2Cl)ccc2c1C1(CCC1)C(=O)N2. The molecule has 39 heavy (non-hydrogen) atoms. The van der Waals surface area contributed by atoms with E-state index in [-0.39, 0.29) is 27.4 Å². The standard InChI is InChI=1S/C26H25Cl2N5O6/c1-12-17(7-6-16-18(12)26(8-5-9-26)22(35)29-16)38-19-14(27)10-13(11-15(19)28)33-23(36)31-21(34)20(32-33)30-24(37)39-25(2,3)4/h6-7,10-11H,5,8-9H2,1-4H3,(H,29,35)(H,30,32,37)(H,31,34,36). The number of halogens is 2. The summed E-state index contributed by atoms with van der Waals surface area (Å²) in [5, 5.41) is 9.26. The van der Waals surface area contributed by atoms with Crippen LogP contribution in [0.2, 0.25) is 10.0 Å². The third-order valence-electron chi connectivity index (χ3n) is 6.67. The third kappa shape index (κ3) is 4.76. The Morgan fingerprint density at radius 2 is 1.79 bits per heavy atom. The summed E-state index contributed by atoms with van der Waals surface area (Å²) in [5.41, 5.74) is -0.526. The Bertz CT molecular complexity index is 1630. The number of carbonyl (C=O) groups is 2. The van der Waals surface area contributed by atoms with Gasteiger partial charge in [0.15, 0.2) is 5.75 Å². The summed E-state index contributed by atoms with van der Waals surface area (Å²) in [5.74, 6) is 0.160. The van der Waals surface area contributed by atoms with Crippen molar-refractivity contribution in [2.24, 2.45) is 0 Å². The average molecular weight is 574 g/mol. The molecule has 0 bridgehead atoms. The zero-order valence-electron chi connectivity index (χ0n) is 21.5. The lowest BCUT2D eigenvalue weighted by molar-refractivity contribution is -0.123. The molecule has 0 saturated heterocycles. The number of amides is 2. The first-order valence-electron chi connectivity index (χ1n) is 12.2. The molecule has 204 valence electrons. The van der Waals surface area contributed by atoms with Gasteiger partial charge in [-0.25, -0.2) is 9.59 Å². The maximum absolute atomic E-state index is 12.7. The number of ether oxygens (including phenoxy) is 2. The van der Waals surface area contributed by atoms with E-state index in [4.69, 9.17) is 32.7 Å². The van der Waals surface area contributed by atoms with Gasteiger partial charge in [0.25, 0.3) is 5.56 Å². The van der Waals surface area contributed by atoms with E-state index in [9.17, 15) is 19.2 Å². The van der Waals surface area contributed by atoms with E-state index in [1.54, 1.807) is 32.9 Å². The minimum Gasteiger partial charge on any atom is -0.454 e. The van der Waals surface area contributed by atoms with Gasteiger partial charge in [0.2, 0.25) is 11.7 Å². The Kier molecular flexibility index (Phi) is 6.47. The van der Waals surface area contributed by atoms with Crippen LogP contribution in [0.25, 0.3) is 5.69 Å². The van der Waals surface area contributed by atoms with E-state index < -0.39 is 34.2 Å². The number of carbonyl (C=O) groups excluding carboxylic acids is 2. The molecule has 0 radical (unpaired) electrons. The number of rotatable bonds is 4. The molecule has 3 aromatic rings. The molecular weight excluding hydrogens is 549 g/mol. The minimum absolute atomic E-state index is 0.00351. The molecule has 1 aliphatic carbocycles. The number of aromatic amines is 1. The Morgan fingerprint density at radius 3 is 2.38 bits per heavy atom.